The maximum atomic E-state index is 12.7. The van der Waals surface area contributed by atoms with E-state index in [1.165, 1.54) is 0 Å². The van der Waals surface area contributed by atoms with E-state index in [0.29, 0.717) is 63.2 Å². The third-order valence-electron chi connectivity index (χ3n) is 5.54. The Labute approximate surface area is 206 Å². The van der Waals surface area contributed by atoms with Gasteiger partial charge in [-0.1, -0.05) is 0 Å². The minimum Gasteiger partial charge on any atom is -0.497 e. The van der Waals surface area contributed by atoms with Crippen LogP contribution in [0.15, 0.2) is 36.4 Å². The minimum absolute atomic E-state index is 0.228. The van der Waals surface area contributed by atoms with Crippen molar-refractivity contribution in [2.24, 2.45) is 0 Å². The molecule has 9 heteroatoms. The fourth-order valence-electron chi connectivity index (χ4n) is 3.82. The first-order chi connectivity index (χ1) is 17.0. The van der Waals surface area contributed by atoms with Crippen LogP contribution >= 0.6 is 0 Å². The van der Waals surface area contributed by atoms with Crippen molar-refractivity contribution >= 4 is 17.6 Å². The van der Waals surface area contributed by atoms with Crippen molar-refractivity contribution in [3.8, 4) is 23.0 Å². The van der Waals surface area contributed by atoms with Gasteiger partial charge < -0.3 is 33.5 Å². The van der Waals surface area contributed by atoms with Crippen molar-refractivity contribution in [1.29, 1.82) is 0 Å². The van der Waals surface area contributed by atoms with E-state index in [-0.39, 0.29) is 18.1 Å². The summed E-state index contributed by atoms with van der Waals surface area (Å²) in [6.45, 7) is 8.91. The summed E-state index contributed by atoms with van der Waals surface area (Å²) in [6.07, 6.45) is 0. The van der Waals surface area contributed by atoms with E-state index in [1.807, 2.05) is 45.0 Å². The third kappa shape index (κ3) is 6.71. The average Bonchev–Trinajstić information content (AvgIpc) is 2.89. The predicted octanol–water partition coefficient (Wildman–Crippen LogP) is 3.40. The second-order valence-electron chi connectivity index (χ2n) is 7.74. The van der Waals surface area contributed by atoms with Gasteiger partial charge in [0.05, 0.1) is 32.5 Å². The number of carbonyl (C=O) groups excluding carboxylic acids is 2. The predicted molar refractivity (Wildman–Crippen MR) is 132 cm³/mol. The van der Waals surface area contributed by atoms with E-state index in [9.17, 15) is 9.59 Å². The Kier molecular flexibility index (Phi) is 9.46. The molecule has 190 valence electrons. The number of anilines is 1. The van der Waals surface area contributed by atoms with E-state index in [4.69, 9.17) is 23.7 Å². The monoisotopic (exact) mass is 486 g/mol. The Morgan fingerprint density at radius 3 is 1.91 bits per heavy atom. The van der Waals surface area contributed by atoms with Crippen LogP contribution in [0.4, 0.5) is 5.69 Å². The van der Waals surface area contributed by atoms with Crippen LogP contribution in [-0.2, 0) is 9.53 Å². The van der Waals surface area contributed by atoms with E-state index in [0.717, 1.165) is 11.4 Å². The smallest absolute Gasteiger partial charge is 0.338 e. The second kappa shape index (κ2) is 12.7. The van der Waals surface area contributed by atoms with Gasteiger partial charge in [0.25, 0.3) is 5.91 Å². The molecule has 3 rings (SSSR count). The molecule has 2 aromatic rings. The second-order valence-corrected chi connectivity index (χ2v) is 7.74. The number of hydrogen-bond acceptors (Lipinski definition) is 8. The van der Waals surface area contributed by atoms with Crippen LogP contribution in [0.3, 0.4) is 0 Å². The van der Waals surface area contributed by atoms with Crippen molar-refractivity contribution in [2.75, 3.05) is 64.6 Å². The molecule has 1 saturated heterocycles. The van der Waals surface area contributed by atoms with Crippen molar-refractivity contribution in [3.63, 3.8) is 0 Å². The van der Waals surface area contributed by atoms with Gasteiger partial charge in [-0.25, -0.2) is 4.79 Å². The number of methoxy groups -OCH3 is 1. The fourth-order valence-corrected chi connectivity index (χ4v) is 3.82. The zero-order valence-corrected chi connectivity index (χ0v) is 20.9. The molecule has 1 fully saturated rings. The molecule has 0 aromatic heterocycles. The van der Waals surface area contributed by atoms with Crippen molar-refractivity contribution in [3.05, 3.63) is 42.0 Å². The number of benzene rings is 2. The lowest BCUT2D eigenvalue weighted by atomic mass is 10.2. The third-order valence-corrected chi connectivity index (χ3v) is 5.54. The largest absolute Gasteiger partial charge is 0.497 e. The molecule has 1 amide bonds. The first-order valence-electron chi connectivity index (χ1n) is 11.9. The number of rotatable bonds is 11. The van der Waals surface area contributed by atoms with Crippen LogP contribution in [0.25, 0.3) is 0 Å². The lowest BCUT2D eigenvalue weighted by Crippen LogP contribution is -2.49. The molecule has 1 aliphatic rings. The first kappa shape index (κ1) is 26.0. The summed E-state index contributed by atoms with van der Waals surface area (Å²) >= 11 is 0. The number of nitrogens with zero attached hydrogens (tertiary/aromatic N) is 2. The minimum atomic E-state index is -0.625. The average molecular weight is 487 g/mol. The van der Waals surface area contributed by atoms with Gasteiger partial charge in [0.1, 0.15) is 5.75 Å². The number of carbonyl (C=O) groups is 2. The summed E-state index contributed by atoms with van der Waals surface area (Å²) in [5.74, 6) is 1.19. The van der Waals surface area contributed by atoms with Gasteiger partial charge in [0.2, 0.25) is 5.75 Å². The number of amides is 1. The molecule has 2 aromatic carbocycles. The Morgan fingerprint density at radius 1 is 0.829 bits per heavy atom. The molecule has 0 spiro atoms. The molecule has 0 radical (unpaired) electrons. The highest BCUT2D eigenvalue weighted by Crippen LogP contribution is 2.39. The molecule has 35 heavy (non-hydrogen) atoms. The van der Waals surface area contributed by atoms with Gasteiger partial charge in [0.15, 0.2) is 18.1 Å². The van der Waals surface area contributed by atoms with Crippen LogP contribution in [-0.4, -0.2) is 76.5 Å². The van der Waals surface area contributed by atoms with E-state index in [1.54, 1.807) is 24.1 Å². The molecular formula is C26H34N2O7. The van der Waals surface area contributed by atoms with E-state index < -0.39 is 5.97 Å². The van der Waals surface area contributed by atoms with Crippen molar-refractivity contribution in [1.82, 2.24) is 4.90 Å². The van der Waals surface area contributed by atoms with Gasteiger partial charge in [-0.3, -0.25) is 4.79 Å². The number of piperazine rings is 1. The number of ether oxygens (including phenoxy) is 5. The first-order valence-corrected chi connectivity index (χ1v) is 11.9. The standard InChI is InChI=1S/C26H34N2O7/c1-5-32-22-16-19(17-23(33-6-2)25(22)34-7-3)26(30)35-18-24(29)28-14-12-27(13-15-28)20-8-10-21(31-4)11-9-20/h8-11,16-17H,5-7,12-15,18H2,1-4H3. The fraction of sp³-hybridized carbons (Fsp3) is 0.462. The lowest BCUT2D eigenvalue weighted by molar-refractivity contribution is -0.134. The Balaban J connectivity index is 1.58. The normalized spacial score (nSPS) is 13.3. The van der Waals surface area contributed by atoms with E-state index in [2.05, 4.69) is 4.90 Å². The summed E-state index contributed by atoms with van der Waals surface area (Å²) in [5, 5.41) is 0. The zero-order chi connectivity index (χ0) is 25.2. The highest BCUT2D eigenvalue weighted by Gasteiger charge is 2.24. The molecule has 0 N–H and O–H groups in total. The van der Waals surface area contributed by atoms with Gasteiger partial charge in [0, 0.05) is 31.9 Å². The topological polar surface area (TPSA) is 86.8 Å². The molecule has 0 atom stereocenters. The number of esters is 1. The zero-order valence-electron chi connectivity index (χ0n) is 20.9. The molecule has 0 saturated carbocycles. The molecule has 9 nitrogen and oxygen atoms in total. The molecule has 0 aliphatic carbocycles. The quantitative estimate of drug-likeness (QED) is 0.447. The van der Waals surface area contributed by atoms with Crippen molar-refractivity contribution in [2.45, 2.75) is 20.8 Å². The highest BCUT2D eigenvalue weighted by atomic mass is 16.5. The summed E-state index contributed by atoms with van der Waals surface area (Å²) in [6, 6.07) is 10.9. The Bertz CT molecular complexity index is 959. The summed E-state index contributed by atoms with van der Waals surface area (Å²) in [4.78, 5) is 29.3. The molecule has 1 aliphatic heterocycles. The van der Waals surface area contributed by atoms with Crippen LogP contribution in [0, 0.1) is 0 Å². The molecule has 0 bridgehead atoms. The summed E-state index contributed by atoms with van der Waals surface area (Å²) < 4.78 is 27.5. The maximum absolute atomic E-state index is 12.7. The maximum Gasteiger partial charge on any atom is 0.338 e. The molecular weight excluding hydrogens is 452 g/mol. The van der Waals surface area contributed by atoms with Crippen LogP contribution < -0.4 is 23.8 Å². The van der Waals surface area contributed by atoms with Gasteiger partial charge in [-0.2, -0.15) is 0 Å². The van der Waals surface area contributed by atoms with Gasteiger partial charge in [-0.05, 0) is 57.2 Å². The van der Waals surface area contributed by atoms with Crippen LogP contribution in [0.1, 0.15) is 31.1 Å². The Morgan fingerprint density at radius 2 is 1.40 bits per heavy atom. The van der Waals surface area contributed by atoms with Crippen LogP contribution in [0.2, 0.25) is 0 Å². The molecule has 1 heterocycles. The lowest BCUT2D eigenvalue weighted by Gasteiger charge is -2.36. The highest BCUT2D eigenvalue weighted by molar-refractivity contribution is 5.93. The van der Waals surface area contributed by atoms with Gasteiger partial charge in [-0.15, -0.1) is 0 Å². The Hall–Kier alpha value is -3.62. The SMILES string of the molecule is CCOc1cc(C(=O)OCC(=O)N2CCN(c3ccc(OC)cc3)CC2)cc(OCC)c1OCC. The van der Waals surface area contributed by atoms with Crippen LogP contribution in [0.5, 0.6) is 23.0 Å². The molecule has 0 unspecified atom stereocenters. The summed E-state index contributed by atoms with van der Waals surface area (Å²) in [5.41, 5.74) is 1.31. The summed E-state index contributed by atoms with van der Waals surface area (Å²) in [7, 11) is 1.64. The van der Waals surface area contributed by atoms with Gasteiger partial charge >= 0.3 is 5.97 Å². The van der Waals surface area contributed by atoms with Crippen molar-refractivity contribution < 1.29 is 33.3 Å². The van der Waals surface area contributed by atoms with E-state index >= 15 is 0 Å². The number of hydrogen-bond donors (Lipinski definition) is 0.